The first kappa shape index (κ1) is 19.1. The van der Waals surface area contributed by atoms with Gasteiger partial charge in [0.2, 0.25) is 0 Å². The molecule has 0 spiro atoms. The summed E-state index contributed by atoms with van der Waals surface area (Å²) in [7, 11) is 0.667. The third kappa shape index (κ3) is 3.70. The molecule has 0 radical (unpaired) electrons. The number of fused-ring (bicyclic) bond motifs is 2. The highest BCUT2D eigenvalue weighted by molar-refractivity contribution is 7.91. The Morgan fingerprint density at radius 3 is 2.43 bits per heavy atom. The van der Waals surface area contributed by atoms with Crippen LogP contribution in [0.3, 0.4) is 0 Å². The summed E-state index contributed by atoms with van der Waals surface area (Å²) in [5.41, 5.74) is 6.98. The number of urea groups is 1. The maximum absolute atomic E-state index is 12.9. The zero-order chi connectivity index (χ0) is 19.9. The highest BCUT2D eigenvalue weighted by Gasteiger charge is 2.26. The maximum Gasteiger partial charge on any atom is 0.354 e. The topological polar surface area (TPSA) is 87.8 Å². The van der Waals surface area contributed by atoms with Gasteiger partial charge < -0.3 is 10.2 Å². The monoisotopic (exact) mass is 398 g/mol. The molecule has 1 atom stereocenters. The van der Waals surface area contributed by atoms with Gasteiger partial charge in [-0.1, -0.05) is 18.2 Å². The van der Waals surface area contributed by atoms with Crippen LogP contribution in [-0.2, 0) is 42.1 Å². The lowest BCUT2D eigenvalue weighted by Crippen LogP contribution is -2.21. The summed E-state index contributed by atoms with van der Waals surface area (Å²) >= 11 is 0. The largest absolute Gasteiger partial charge is 0.354 e. The van der Waals surface area contributed by atoms with Crippen molar-refractivity contribution in [2.24, 2.45) is 9.50 Å². The number of carbonyl (C=O) groups excluding carboxylic acids is 1. The Bertz CT molecular complexity index is 1050. The van der Waals surface area contributed by atoms with Crippen LogP contribution in [0.25, 0.3) is 0 Å². The summed E-state index contributed by atoms with van der Waals surface area (Å²) in [6.45, 7) is 0.772. The van der Waals surface area contributed by atoms with Crippen LogP contribution in [0.5, 0.6) is 0 Å². The van der Waals surface area contributed by atoms with Gasteiger partial charge in [-0.3, -0.25) is 0 Å². The molecule has 0 bridgehead atoms. The molecule has 2 aliphatic rings. The van der Waals surface area contributed by atoms with Crippen molar-refractivity contribution in [2.45, 2.75) is 43.5 Å². The number of benzene rings is 2. The lowest BCUT2D eigenvalue weighted by atomic mass is 9.83. The third-order valence-electron chi connectivity index (χ3n) is 5.45. The van der Waals surface area contributed by atoms with E-state index < -0.39 is 15.9 Å². The predicted molar refractivity (Wildman–Crippen MR) is 112 cm³/mol. The van der Waals surface area contributed by atoms with E-state index in [9.17, 15) is 9.00 Å². The average Bonchev–Trinajstić information content (AvgIpc) is 3.05. The van der Waals surface area contributed by atoms with Crippen LogP contribution in [-0.4, -0.2) is 29.2 Å². The lowest BCUT2D eigenvalue weighted by Gasteiger charge is -2.25. The van der Waals surface area contributed by atoms with Gasteiger partial charge in [0.1, 0.15) is 9.92 Å². The summed E-state index contributed by atoms with van der Waals surface area (Å²) in [5.74, 6) is 0. The van der Waals surface area contributed by atoms with Gasteiger partial charge in [-0.05, 0) is 86.1 Å². The van der Waals surface area contributed by atoms with E-state index in [1.54, 1.807) is 12.1 Å². The highest BCUT2D eigenvalue weighted by Crippen LogP contribution is 2.39. The Morgan fingerprint density at radius 1 is 1.11 bits per heavy atom. The number of nitrogens with two attached hydrogens (primary N) is 1. The summed E-state index contributed by atoms with van der Waals surface area (Å²) in [6.07, 6.45) is 5.13. The molecule has 2 aliphatic carbocycles. The average molecular weight is 399 g/mol. The molecule has 28 heavy (non-hydrogen) atoms. The Hall–Kier alpha value is -2.22. The molecule has 4 rings (SSSR count). The van der Waals surface area contributed by atoms with E-state index in [1.807, 2.05) is 31.1 Å². The van der Waals surface area contributed by atoms with Gasteiger partial charge in [0.25, 0.3) is 0 Å². The molecule has 0 heterocycles. The fourth-order valence-corrected chi connectivity index (χ4v) is 4.98. The molecule has 0 unspecified atom stereocenters. The molecular weight excluding hydrogens is 372 g/mol. The molecular formula is C21H26N4O2S. The SMILES string of the molecule is CN(C)Cc1ccc([S@@](N)(=O)=NC(=O)Nc2c3c(cc4c2CC4)CCC3)cc1. The van der Waals surface area contributed by atoms with E-state index in [1.165, 1.54) is 22.3 Å². The van der Waals surface area contributed by atoms with Gasteiger partial charge in [0.05, 0.1) is 4.90 Å². The first-order valence-electron chi connectivity index (χ1n) is 9.59. The number of nitrogens with one attached hydrogen (secondary N) is 1. The molecule has 3 N–H and O–H groups in total. The van der Waals surface area contributed by atoms with Crippen LogP contribution in [0.4, 0.5) is 10.5 Å². The summed E-state index contributed by atoms with van der Waals surface area (Å²) in [6, 6.07) is 8.73. The number of hydrogen-bond donors (Lipinski definition) is 2. The van der Waals surface area contributed by atoms with Gasteiger partial charge in [-0.2, -0.15) is 0 Å². The van der Waals surface area contributed by atoms with Gasteiger partial charge >= 0.3 is 6.03 Å². The van der Waals surface area contributed by atoms with Crippen molar-refractivity contribution in [3.05, 3.63) is 58.1 Å². The van der Waals surface area contributed by atoms with Gasteiger partial charge in [0.15, 0.2) is 0 Å². The number of hydrogen-bond acceptors (Lipinski definition) is 3. The predicted octanol–water partition coefficient (Wildman–Crippen LogP) is 3.27. The lowest BCUT2D eigenvalue weighted by molar-refractivity contribution is 0.260. The molecule has 0 saturated carbocycles. The van der Waals surface area contributed by atoms with E-state index in [-0.39, 0.29) is 0 Å². The van der Waals surface area contributed by atoms with Crippen molar-refractivity contribution in [3.8, 4) is 0 Å². The molecule has 0 fully saturated rings. The Balaban J connectivity index is 1.58. The summed E-state index contributed by atoms with van der Waals surface area (Å²) in [4.78, 5) is 15.0. The zero-order valence-corrected chi connectivity index (χ0v) is 17.1. The van der Waals surface area contributed by atoms with Crippen molar-refractivity contribution in [3.63, 3.8) is 0 Å². The van der Waals surface area contributed by atoms with Crippen LogP contribution in [0.1, 0.15) is 34.2 Å². The van der Waals surface area contributed by atoms with Crippen LogP contribution in [0, 0.1) is 0 Å². The van der Waals surface area contributed by atoms with Crippen molar-refractivity contribution < 1.29 is 9.00 Å². The Labute approximate surface area is 166 Å². The molecule has 0 aliphatic heterocycles. The van der Waals surface area contributed by atoms with E-state index in [0.29, 0.717) is 4.90 Å². The molecule has 2 amide bonds. The van der Waals surface area contributed by atoms with E-state index in [0.717, 1.165) is 49.9 Å². The number of carbonyl (C=O) groups is 1. The van der Waals surface area contributed by atoms with Crippen LogP contribution < -0.4 is 10.5 Å². The van der Waals surface area contributed by atoms with Gasteiger partial charge in [0, 0.05) is 12.2 Å². The molecule has 148 valence electrons. The first-order chi connectivity index (χ1) is 13.3. The first-order valence-corrected chi connectivity index (χ1v) is 11.2. The summed E-state index contributed by atoms with van der Waals surface area (Å²) in [5, 5.41) is 8.82. The molecule has 2 aromatic rings. The normalized spacial score (nSPS) is 16.7. The van der Waals surface area contributed by atoms with Gasteiger partial charge in [-0.15, -0.1) is 4.36 Å². The number of aryl methyl sites for hydroxylation is 2. The quantitative estimate of drug-likeness (QED) is 0.828. The van der Waals surface area contributed by atoms with Crippen LogP contribution in [0.2, 0.25) is 0 Å². The number of amides is 2. The molecule has 2 aromatic carbocycles. The minimum absolute atomic E-state index is 0.358. The van der Waals surface area contributed by atoms with Crippen molar-refractivity contribution >= 4 is 21.6 Å². The summed E-state index contributed by atoms with van der Waals surface area (Å²) < 4.78 is 16.7. The third-order valence-corrected chi connectivity index (χ3v) is 6.84. The van der Waals surface area contributed by atoms with Gasteiger partial charge in [-0.25, -0.2) is 14.1 Å². The van der Waals surface area contributed by atoms with Crippen LogP contribution in [0.15, 0.2) is 39.6 Å². The standard InChI is InChI=1S/C21H26N4O2S/c1-25(2)13-14-6-9-17(10-7-14)28(22,27)24-21(26)23-20-18-5-3-4-15(18)12-16-8-11-19(16)20/h6-7,9-10,12H,3-5,8,11,13H2,1-2H3,(H3,22,23,24,26,27)/t28-/m0/s1. The minimum Gasteiger partial charge on any atom is -0.305 e. The molecule has 0 saturated heterocycles. The second kappa shape index (κ2) is 7.31. The van der Waals surface area contributed by atoms with E-state index >= 15 is 0 Å². The van der Waals surface area contributed by atoms with E-state index in [4.69, 9.17) is 5.14 Å². The second-order valence-electron chi connectivity index (χ2n) is 7.85. The molecule has 0 aromatic heterocycles. The molecule has 6 nitrogen and oxygen atoms in total. The Morgan fingerprint density at radius 2 is 1.79 bits per heavy atom. The van der Waals surface area contributed by atoms with Crippen LogP contribution >= 0.6 is 0 Å². The van der Waals surface area contributed by atoms with E-state index in [2.05, 4.69) is 15.7 Å². The second-order valence-corrected chi connectivity index (χ2v) is 9.64. The molecule has 7 heteroatoms. The Kier molecular flexibility index (Phi) is 4.99. The fraction of sp³-hybridized carbons (Fsp3) is 0.381. The highest BCUT2D eigenvalue weighted by atomic mass is 32.2. The van der Waals surface area contributed by atoms with Crippen molar-refractivity contribution in [2.75, 3.05) is 19.4 Å². The number of nitrogens with zero attached hydrogens (tertiary/aromatic N) is 2. The minimum atomic E-state index is -3.29. The fourth-order valence-electron chi connectivity index (χ4n) is 4.06. The maximum atomic E-state index is 12.9. The number of anilines is 1. The van der Waals surface area contributed by atoms with Crippen molar-refractivity contribution in [1.82, 2.24) is 4.90 Å². The smallest absolute Gasteiger partial charge is 0.305 e. The number of rotatable bonds is 4. The zero-order valence-electron chi connectivity index (χ0n) is 16.3. The van der Waals surface area contributed by atoms with Crippen molar-refractivity contribution in [1.29, 1.82) is 0 Å².